The molecule has 0 unspecified atom stereocenters. The zero-order valence-corrected chi connectivity index (χ0v) is 11.6. The maximum Gasteiger partial charge on any atom is 0.0539 e. The number of aromatic nitrogens is 2. The molecule has 0 saturated heterocycles. The zero-order chi connectivity index (χ0) is 13.4. The van der Waals surface area contributed by atoms with Crippen LogP contribution in [0.2, 0.25) is 0 Å². The van der Waals surface area contributed by atoms with Crippen LogP contribution in [0.25, 0.3) is 0 Å². The Kier molecular flexibility index (Phi) is 2.93. The first kappa shape index (κ1) is 12.1. The molecule has 3 rings (SSSR count). The summed E-state index contributed by atoms with van der Waals surface area (Å²) in [6.07, 6.45) is 5.19. The smallest absolute Gasteiger partial charge is 0.0539 e. The van der Waals surface area contributed by atoms with Crippen molar-refractivity contribution < 1.29 is 0 Å². The van der Waals surface area contributed by atoms with Crippen molar-refractivity contribution in [2.75, 3.05) is 17.2 Å². The number of benzene rings is 1. The summed E-state index contributed by atoms with van der Waals surface area (Å²) in [5, 5.41) is 4.33. The molecule has 0 bridgehead atoms. The van der Waals surface area contributed by atoms with Gasteiger partial charge in [0.05, 0.1) is 6.20 Å². The van der Waals surface area contributed by atoms with Gasteiger partial charge in [-0.25, -0.2) is 0 Å². The molecule has 1 aromatic carbocycles. The lowest BCUT2D eigenvalue weighted by atomic mass is 10.1. The second kappa shape index (κ2) is 4.61. The van der Waals surface area contributed by atoms with E-state index in [-0.39, 0.29) is 0 Å². The van der Waals surface area contributed by atoms with Crippen molar-refractivity contribution in [2.24, 2.45) is 0 Å². The second-order valence-corrected chi connectivity index (χ2v) is 5.21. The van der Waals surface area contributed by atoms with Crippen LogP contribution in [-0.4, -0.2) is 16.3 Å². The molecular weight excluding hydrogens is 236 g/mol. The Labute approximate surface area is 113 Å². The van der Waals surface area contributed by atoms with Gasteiger partial charge in [0, 0.05) is 42.8 Å². The van der Waals surface area contributed by atoms with Gasteiger partial charge >= 0.3 is 0 Å². The van der Waals surface area contributed by atoms with E-state index in [9.17, 15) is 0 Å². The van der Waals surface area contributed by atoms with Crippen LogP contribution < -0.4 is 10.6 Å². The SMILES string of the molecule is CCn1cc(CN2CCc3cc(C)c(N)cc32)cn1. The molecule has 0 fully saturated rings. The van der Waals surface area contributed by atoms with Crippen molar-refractivity contribution in [1.29, 1.82) is 0 Å². The third-order valence-electron chi connectivity index (χ3n) is 3.84. The number of rotatable bonds is 3. The van der Waals surface area contributed by atoms with Gasteiger partial charge in [-0.05, 0) is 37.5 Å². The summed E-state index contributed by atoms with van der Waals surface area (Å²) in [5.41, 5.74) is 12.0. The number of aryl methyl sites for hydroxylation is 2. The Morgan fingerprint density at radius 1 is 1.37 bits per heavy atom. The Morgan fingerprint density at radius 3 is 2.95 bits per heavy atom. The standard InChI is InChI=1S/C15H20N4/c1-3-19-10-12(8-17-19)9-18-5-4-13-6-11(2)14(16)7-15(13)18/h6-8,10H,3-5,9,16H2,1-2H3. The van der Waals surface area contributed by atoms with Crippen molar-refractivity contribution in [3.8, 4) is 0 Å². The molecule has 2 N–H and O–H groups in total. The minimum Gasteiger partial charge on any atom is -0.398 e. The summed E-state index contributed by atoms with van der Waals surface area (Å²) < 4.78 is 1.97. The molecule has 4 nitrogen and oxygen atoms in total. The minimum atomic E-state index is 0.884. The highest BCUT2D eigenvalue weighted by molar-refractivity contribution is 5.67. The zero-order valence-electron chi connectivity index (χ0n) is 11.6. The highest BCUT2D eigenvalue weighted by Gasteiger charge is 2.20. The minimum absolute atomic E-state index is 0.884. The van der Waals surface area contributed by atoms with Gasteiger partial charge in [-0.1, -0.05) is 6.07 Å². The largest absolute Gasteiger partial charge is 0.398 e. The highest BCUT2D eigenvalue weighted by Crippen LogP contribution is 2.32. The number of anilines is 2. The molecule has 2 aromatic rings. The summed E-state index contributed by atoms with van der Waals surface area (Å²) in [6, 6.07) is 4.34. The monoisotopic (exact) mass is 256 g/mol. The summed E-state index contributed by atoms with van der Waals surface area (Å²) in [6.45, 7) is 7.07. The van der Waals surface area contributed by atoms with Crippen molar-refractivity contribution in [3.05, 3.63) is 41.2 Å². The molecule has 0 radical (unpaired) electrons. The molecule has 2 heterocycles. The van der Waals surface area contributed by atoms with Gasteiger partial charge in [-0.3, -0.25) is 4.68 Å². The molecule has 4 heteroatoms. The van der Waals surface area contributed by atoms with Crippen LogP contribution in [0, 0.1) is 6.92 Å². The summed E-state index contributed by atoms with van der Waals surface area (Å²) >= 11 is 0. The molecule has 1 aliphatic heterocycles. The average molecular weight is 256 g/mol. The number of nitrogens with zero attached hydrogens (tertiary/aromatic N) is 3. The first-order chi connectivity index (χ1) is 9.17. The Morgan fingerprint density at radius 2 is 2.21 bits per heavy atom. The number of hydrogen-bond acceptors (Lipinski definition) is 3. The topological polar surface area (TPSA) is 47.1 Å². The fourth-order valence-corrected chi connectivity index (χ4v) is 2.69. The Bertz CT molecular complexity index is 600. The maximum absolute atomic E-state index is 6.03. The van der Waals surface area contributed by atoms with Gasteiger partial charge in [-0.15, -0.1) is 0 Å². The van der Waals surface area contributed by atoms with E-state index in [2.05, 4.69) is 42.2 Å². The highest BCUT2D eigenvalue weighted by atomic mass is 15.3. The normalized spacial score (nSPS) is 13.9. The summed E-state index contributed by atoms with van der Waals surface area (Å²) in [4.78, 5) is 2.39. The van der Waals surface area contributed by atoms with Crippen molar-refractivity contribution in [3.63, 3.8) is 0 Å². The molecule has 1 aliphatic rings. The number of fused-ring (bicyclic) bond motifs is 1. The number of hydrogen-bond donors (Lipinski definition) is 1. The van der Waals surface area contributed by atoms with E-state index in [0.717, 1.165) is 31.7 Å². The van der Waals surface area contributed by atoms with Gasteiger partial charge in [0.25, 0.3) is 0 Å². The molecular formula is C15H20N4. The molecule has 0 atom stereocenters. The summed E-state index contributed by atoms with van der Waals surface area (Å²) in [5.74, 6) is 0. The van der Waals surface area contributed by atoms with E-state index >= 15 is 0 Å². The van der Waals surface area contributed by atoms with Crippen LogP contribution in [0.15, 0.2) is 24.5 Å². The number of nitrogens with two attached hydrogens (primary N) is 1. The fraction of sp³-hybridized carbons (Fsp3) is 0.400. The van der Waals surface area contributed by atoms with E-state index in [1.807, 2.05) is 10.9 Å². The molecule has 19 heavy (non-hydrogen) atoms. The van der Waals surface area contributed by atoms with Crippen LogP contribution in [0.5, 0.6) is 0 Å². The van der Waals surface area contributed by atoms with Crippen molar-refractivity contribution >= 4 is 11.4 Å². The van der Waals surface area contributed by atoms with E-state index in [1.54, 1.807) is 0 Å². The first-order valence-corrected chi connectivity index (χ1v) is 6.82. The molecule has 0 saturated carbocycles. The first-order valence-electron chi connectivity index (χ1n) is 6.82. The van der Waals surface area contributed by atoms with Crippen LogP contribution in [0.1, 0.15) is 23.6 Å². The quantitative estimate of drug-likeness (QED) is 0.858. The van der Waals surface area contributed by atoms with Crippen molar-refractivity contribution in [1.82, 2.24) is 9.78 Å². The Balaban J connectivity index is 1.84. The van der Waals surface area contributed by atoms with Gasteiger partial charge in [-0.2, -0.15) is 5.10 Å². The molecule has 0 aliphatic carbocycles. The van der Waals surface area contributed by atoms with E-state index in [4.69, 9.17) is 5.73 Å². The molecule has 0 spiro atoms. The Hall–Kier alpha value is -1.97. The molecule has 0 amide bonds. The third-order valence-corrected chi connectivity index (χ3v) is 3.84. The lowest BCUT2D eigenvalue weighted by Crippen LogP contribution is -2.19. The second-order valence-electron chi connectivity index (χ2n) is 5.21. The van der Waals surface area contributed by atoms with E-state index in [0.29, 0.717) is 0 Å². The third kappa shape index (κ3) is 2.18. The van der Waals surface area contributed by atoms with E-state index < -0.39 is 0 Å². The van der Waals surface area contributed by atoms with Gasteiger partial charge < -0.3 is 10.6 Å². The maximum atomic E-state index is 6.03. The molecule has 1 aromatic heterocycles. The van der Waals surface area contributed by atoms with Gasteiger partial charge in [0.2, 0.25) is 0 Å². The van der Waals surface area contributed by atoms with Crippen LogP contribution in [0.4, 0.5) is 11.4 Å². The van der Waals surface area contributed by atoms with Crippen LogP contribution >= 0.6 is 0 Å². The molecule has 100 valence electrons. The van der Waals surface area contributed by atoms with Crippen molar-refractivity contribution in [2.45, 2.75) is 33.4 Å². The van der Waals surface area contributed by atoms with Gasteiger partial charge in [0.15, 0.2) is 0 Å². The predicted octanol–water partition coefficient (Wildman–Crippen LogP) is 2.36. The predicted molar refractivity (Wildman–Crippen MR) is 78.2 cm³/mol. The summed E-state index contributed by atoms with van der Waals surface area (Å²) in [7, 11) is 0. The average Bonchev–Trinajstić information content (AvgIpc) is 2.99. The van der Waals surface area contributed by atoms with E-state index in [1.165, 1.54) is 22.4 Å². The fourth-order valence-electron chi connectivity index (χ4n) is 2.69. The lowest BCUT2D eigenvalue weighted by Gasteiger charge is -2.19. The van der Waals surface area contributed by atoms with Crippen LogP contribution in [0.3, 0.4) is 0 Å². The van der Waals surface area contributed by atoms with Crippen LogP contribution in [-0.2, 0) is 19.5 Å². The number of nitrogen functional groups attached to an aromatic ring is 1. The van der Waals surface area contributed by atoms with Gasteiger partial charge in [0.1, 0.15) is 0 Å². The lowest BCUT2D eigenvalue weighted by molar-refractivity contribution is 0.659.